The molecule has 0 saturated heterocycles. The summed E-state index contributed by atoms with van der Waals surface area (Å²) in [7, 11) is 0. The summed E-state index contributed by atoms with van der Waals surface area (Å²) in [6, 6.07) is 5.08. The highest BCUT2D eigenvalue weighted by molar-refractivity contribution is 7.98. The predicted molar refractivity (Wildman–Crippen MR) is 62.8 cm³/mol. The lowest BCUT2D eigenvalue weighted by Crippen LogP contribution is -2.00. The summed E-state index contributed by atoms with van der Waals surface area (Å²) in [5.41, 5.74) is 0.937. The van der Waals surface area contributed by atoms with Crippen molar-refractivity contribution < 1.29 is 9.90 Å². The molecule has 0 fully saturated rings. The van der Waals surface area contributed by atoms with Gasteiger partial charge in [-0.25, -0.2) is 19.7 Å². The lowest BCUT2D eigenvalue weighted by Gasteiger charge is -2.01. The first-order valence-corrected chi connectivity index (χ1v) is 5.82. The molecule has 0 aliphatic carbocycles. The summed E-state index contributed by atoms with van der Waals surface area (Å²) < 4.78 is 0. The predicted octanol–water partition coefficient (Wildman–Crippen LogP) is 1.86. The molecule has 0 bridgehead atoms. The fourth-order valence-corrected chi connectivity index (χ4v) is 1.93. The quantitative estimate of drug-likeness (QED) is 0.656. The Bertz CT molecular complexity index is 519. The minimum absolute atomic E-state index is 0.0529. The molecule has 0 saturated carbocycles. The van der Waals surface area contributed by atoms with Gasteiger partial charge in [-0.1, -0.05) is 11.8 Å². The zero-order chi connectivity index (χ0) is 12.1. The molecule has 0 unspecified atom stereocenters. The molecule has 0 radical (unpaired) electrons. The second-order valence-electron chi connectivity index (χ2n) is 3.17. The molecule has 0 amide bonds. The van der Waals surface area contributed by atoms with Crippen LogP contribution in [0.3, 0.4) is 0 Å². The second-order valence-corrected chi connectivity index (χ2v) is 4.12. The normalized spacial score (nSPS) is 10.1. The van der Waals surface area contributed by atoms with E-state index in [4.69, 9.17) is 5.11 Å². The van der Waals surface area contributed by atoms with Crippen molar-refractivity contribution in [1.82, 2.24) is 15.0 Å². The number of pyridine rings is 1. The molecule has 5 nitrogen and oxygen atoms in total. The number of hydrogen-bond acceptors (Lipinski definition) is 5. The van der Waals surface area contributed by atoms with Gasteiger partial charge in [-0.15, -0.1) is 0 Å². The highest BCUT2D eigenvalue weighted by Crippen LogP contribution is 2.18. The number of thioether (sulfide) groups is 1. The standard InChI is InChI=1S/C11H9N3O2S/c15-10(16)9-6-8(2-5-12-9)7-17-11-13-3-1-4-14-11/h1-6H,7H2,(H,15,16). The number of carboxylic acid groups (broad SMARTS) is 1. The van der Waals surface area contributed by atoms with Gasteiger partial charge in [0.15, 0.2) is 5.16 Å². The van der Waals surface area contributed by atoms with Crippen LogP contribution < -0.4 is 0 Å². The van der Waals surface area contributed by atoms with Gasteiger partial charge in [0.05, 0.1) is 0 Å². The average Bonchev–Trinajstić information content (AvgIpc) is 2.38. The van der Waals surface area contributed by atoms with Gasteiger partial charge < -0.3 is 5.11 Å². The number of hydrogen-bond donors (Lipinski definition) is 1. The zero-order valence-electron chi connectivity index (χ0n) is 8.78. The molecule has 2 rings (SSSR count). The molecule has 0 aliphatic rings. The van der Waals surface area contributed by atoms with Crippen molar-refractivity contribution in [2.75, 3.05) is 0 Å². The topological polar surface area (TPSA) is 76.0 Å². The van der Waals surface area contributed by atoms with Gasteiger partial charge in [0, 0.05) is 24.3 Å². The number of aromatic nitrogens is 3. The number of carbonyl (C=O) groups is 1. The lowest BCUT2D eigenvalue weighted by molar-refractivity contribution is 0.0690. The Labute approximate surface area is 102 Å². The summed E-state index contributed by atoms with van der Waals surface area (Å²) in [5.74, 6) is -0.403. The maximum atomic E-state index is 10.7. The summed E-state index contributed by atoms with van der Waals surface area (Å²) >= 11 is 1.45. The molecule has 6 heteroatoms. The average molecular weight is 247 g/mol. The number of carboxylic acids is 1. The van der Waals surface area contributed by atoms with Crippen LogP contribution in [0.25, 0.3) is 0 Å². The SMILES string of the molecule is O=C(O)c1cc(CSc2ncccn2)ccn1. The Morgan fingerprint density at radius 2 is 2.00 bits per heavy atom. The molecule has 0 atom stereocenters. The van der Waals surface area contributed by atoms with Crippen LogP contribution in [0.4, 0.5) is 0 Å². The Morgan fingerprint density at radius 3 is 2.71 bits per heavy atom. The van der Waals surface area contributed by atoms with Gasteiger partial charge in [0.2, 0.25) is 0 Å². The van der Waals surface area contributed by atoms with Crippen molar-refractivity contribution in [3.8, 4) is 0 Å². The van der Waals surface area contributed by atoms with E-state index in [9.17, 15) is 4.79 Å². The zero-order valence-corrected chi connectivity index (χ0v) is 9.59. The summed E-state index contributed by atoms with van der Waals surface area (Å²) in [6.45, 7) is 0. The van der Waals surface area contributed by atoms with Gasteiger partial charge in [-0.2, -0.15) is 0 Å². The van der Waals surface area contributed by atoms with Crippen LogP contribution >= 0.6 is 11.8 Å². The Hall–Kier alpha value is -1.95. The Balaban J connectivity index is 2.04. The van der Waals surface area contributed by atoms with E-state index in [-0.39, 0.29) is 5.69 Å². The van der Waals surface area contributed by atoms with Crippen LogP contribution in [-0.4, -0.2) is 26.0 Å². The molecule has 2 heterocycles. The largest absolute Gasteiger partial charge is 0.477 e. The first-order valence-electron chi connectivity index (χ1n) is 4.84. The van der Waals surface area contributed by atoms with Gasteiger partial charge >= 0.3 is 5.97 Å². The Kier molecular flexibility index (Phi) is 3.66. The van der Waals surface area contributed by atoms with E-state index in [1.807, 2.05) is 0 Å². The van der Waals surface area contributed by atoms with E-state index in [2.05, 4.69) is 15.0 Å². The molecule has 1 N–H and O–H groups in total. The van der Waals surface area contributed by atoms with E-state index in [0.717, 1.165) is 5.56 Å². The molecule has 0 aliphatic heterocycles. The van der Waals surface area contributed by atoms with Crippen molar-refractivity contribution in [3.63, 3.8) is 0 Å². The molecular weight excluding hydrogens is 238 g/mol. The lowest BCUT2D eigenvalue weighted by atomic mass is 10.2. The van der Waals surface area contributed by atoms with Gasteiger partial charge in [-0.3, -0.25) is 0 Å². The van der Waals surface area contributed by atoms with Crippen molar-refractivity contribution in [2.45, 2.75) is 10.9 Å². The highest BCUT2D eigenvalue weighted by Gasteiger charge is 2.05. The number of nitrogens with zero attached hydrogens (tertiary/aromatic N) is 3. The minimum atomic E-state index is -1.02. The fraction of sp³-hybridized carbons (Fsp3) is 0.0909. The molecule has 0 spiro atoms. The van der Waals surface area contributed by atoms with Crippen LogP contribution in [0.1, 0.15) is 16.1 Å². The van der Waals surface area contributed by atoms with Crippen LogP contribution in [0.5, 0.6) is 0 Å². The molecule has 2 aromatic rings. The van der Waals surface area contributed by atoms with Crippen molar-refractivity contribution in [3.05, 3.63) is 48.0 Å². The first kappa shape index (κ1) is 11.5. The van der Waals surface area contributed by atoms with Crippen molar-refractivity contribution >= 4 is 17.7 Å². The molecule has 0 aromatic carbocycles. The summed E-state index contributed by atoms with van der Waals surface area (Å²) in [5, 5.41) is 9.47. The maximum Gasteiger partial charge on any atom is 0.354 e. The number of aromatic carboxylic acids is 1. The van der Waals surface area contributed by atoms with Crippen molar-refractivity contribution in [1.29, 1.82) is 0 Å². The van der Waals surface area contributed by atoms with Crippen LogP contribution in [0.15, 0.2) is 41.9 Å². The molecule has 2 aromatic heterocycles. The minimum Gasteiger partial charge on any atom is -0.477 e. The summed E-state index contributed by atoms with van der Waals surface area (Å²) in [6.07, 6.45) is 4.83. The van der Waals surface area contributed by atoms with E-state index >= 15 is 0 Å². The van der Waals surface area contributed by atoms with Gasteiger partial charge in [0.25, 0.3) is 0 Å². The van der Waals surface area contributed by atoms with Crippen LogP contribution in [-0.2, 0) is 5.75 Å². The van der Waals surface area contributed by atoms with E-state index in [0.29, 0.717) is 10.9 Å². The smallest absolute Gasteiger partial charge is 0.354 e. The van der Waals surface area contributed by atoms with Crippen LogP contribution in [0.2, 0.25) is 0 Å². The molecular formula is C11H9N3O2S. The molecule has 86 valence electrons. The second kappa shape index (κ2) is 5.40. The van der Waals surface area contributed by atoms with E-state index < -0.39 is 5.97 Å². The summed E-state index contributed by atoms with van der Waals surface area (Å²) in [4.78, 5) is 22.6. The van der Waals surface area contributed by atoms with Crippen molar-refractivity contribution in [2.24, 2.45) is 0 Å². The fourth-order valence-electron chi connectivity index (χ4n) is 1.19. The maximum absolute atomic E-state index is 10.7. The van der Waals surface area contributed by atoms with Gasteiger partial charge in [0.1, 0.15) is 5.69 Å². The number of rotatable bonds is 4. The highest BCUT2D eigenvalue weighted by atomic mass is 32.2. The monoisotopic (exact) mass is 247 g/mol. The molecule has 17 heavy (non-hydrogen) atoms. The first-order chi connectivity index (χ1) is 8.25. The Morgan fingerprint density at radius 1 is 1.24 bits per heavy atom. The van der Waals surface area contributed by atoms with Gasteiger partial charge in [-0.05, 0) is 23.8 Å². The third kappa shape index (κ3) is 3.25. The third-order valence-electron chi connectivity index (χ3n) is 1.95. The van der Waals surface area contributed by atoms with E-state index in [1.165, 1.54) is 18.0 Å². The third-order valence-corrected chi connectivity index (χ3v) is 2.90. The van der Waals surface area contributed by atoms with Crippen LogP contribution in [0, 0.1) is 0 Å². The van der Waals surface area contributed by atoms with E-state index in [1.54, 1.807) is 30.6 Å².